The van der Waals surface area contributed by atoms with Gasteiger partial charge in [-0.2, -0.15) is 5.10 Å². The molecular weight excluding hydrogens is 120 g/mol. The van der Waals surface area contributed by atoms with Crippen molar-refractivity contribution in [2.45, 2.75) is 12.8 Å². The Morgan fingerprint density at radius 2 is 2.33 bits per heavy atom. The molecule has 1 heterocycles. The van der Waals surface area contributed by atoms with Gasteiger partial charge in [0.15, 0.2) is 6.29 Å². The van der Waals surface area contributed by atoms with Gasteiger partial charge in [0.1, 0.15) is 5.71 Å². The van der Waals surface area contributed by atoms with Crippen LogP contribution < -0.4 is 5.43 Å². The second-order valence-corrected chi connectivity index (χ2v) is 1.76. The number of rotatable bonds is 1. The van der Waals surface area contributed by atoms with E-state index in [2.05, 4.69) is 10.5 Å². The van der Waals surface area contributed by atoms with Gasteiger partial charge in [-0.1, -0.05) is 0 Å². The molecule has 1 aliphatic heterocycles. The van der Waals surface area contributed by atoms with E-state index < -0.39 is 0 Å². The predicted molar refractivity (Wildman–Crippen MR) is 30.9 cm³/mol. The highest BCUT2D eigenvalue weighted by molar-refractivity contribution is 6.29. The number of nitrogens with zero attached hydrogens (tertiary/aromatic N) is 1. The number of carbonyl (C=O) groups excluding carboxylic acids is 2. The van der Waals surface area contributed by atoms with Gasteiger partial charge in [0, 0.05) is 12.8 Å². The summed E-state index contributed by atoms with van der Waals surface area (Å²) in [6, 6.07) is 0. The Morgan fingerprint density at radius 3 is 2.78 bits per heavy atom. The summed E-state index contributed by atoms with van der Waals surface area (Å²) in [6.07, 6.45) is 1.49. The highest BCUT2D eigenvalue weighted by Crippen LogP contribution is 1.95. The zero-order valence-electron chi connectivity index (χ0n) is 4.76. The Bertz CT molecular complexity index is 174. The molecule has 0 aliphatic carbocycles. The number of nitrogens with one attached hydrogen (secondary N) is 1. The first-order valence-electron chi connectivity index (χ1n) is 2.63. The molecule has 0 saturated carbocycles. The molecule has 0 unspecified atom stereocenters. The van der Waals surface area contributed by atoms with E-state index in [-0.39, 0.29) is 5.91 Å². The van der Waals surface area contributed by atoms with Crippen LogP contribution in [0, 0.1) is 0 Å². The molecule has 4 nitrogen and oxygen atoms in total. The average Bonchev–Trinajstić information content (AvgIpc) is 1.90. The van der Waals surface area contributed by atoms with Crippen LogP contribution in [-0.2, 0) is 9.59 Å². The first kappa shape index (κ1) is 5.94. The summed E-state index contributed by atoms with van der Waals surface area (Å²) >= 11 is 0. The average molecular weight is 126 g/mol. The summed E-state index contributed by atoms with van der Waals surface area (Å²) in [6.45, 7) is 0. The molecule has 0 aromatic rings. The van der Waals surface area contributed by atoms with Crippen LogP contribution >= 0.6 is 0 Å². The summed E-state index contributed by atoms with van der Waals surface area (Å²) < 4.78 is 0. The fraction of sp³-hybridized carbons (Fsp3) is 0.400. The topological polar surface area (TPSA) is 58.5 Å². The summed E-state index contributed by atoms with van der Waals surface area (Å²) in [5.74, 6) is -0.124. The van der Waals surface area contributed by atoms with Crippen molar-refractivity contribution < 1.29 is 9.59 Å². The minimum absolute atomic E-state index is 0.124. The van der Waals surface area contributed by atoms with E-state index in [1.165, 1.54) is 0 Å². The highest BCUT2D eigenvalue weighted by Gasteiger charge is 2.09. The molecular formula is C5H6N2O2. The minimum Gasteiger partial charge on any atom is -0.296 e. The predicted octanol–water partition coefficient (Wildman–Crippen LogP) is -0.549. The molecule has 0 fully saturated rings. The van der Waals surface area contributed by atoms with Crippen molar-refractivity contribution in [1.29, 1.82) is 0 Å². The van der Waals surface area contributed by atoms with Crippen molar-refractivity contribution in [3.05, 3.63) is 0 Å². The van der Waals surface area contributed by atoms with Crippen LogP contribution in [0.5, 0.6) is 0 Å². The third-order valence-corrected chi connectivity index (χ3v) is 1.07. The first-order chi connectivity index (χ1) is 4.33. The fourth-order valence-electron chi connectivity index (χ4n) is 0.573. The quantitative estimate of drug-likeness (QED) is 0.479. The second-order valence-electron chi connectivity index (χ2n) is 1.76. The highest BCUT2D eigenvalue weighted by atomic mass is 16.2. The van der Waals surface area contributed by atoms with Crippen LogP contribution in [0.2, 0.25) is 0 Å². The van der Waals surface area contributed by atoms with Crippen LogP contribution in [0.15, 0.2) is 5.10 Å². The molecule has 0 spiro atoms. The minimum atomic E-state index is -0.124. The first-order valence-corrected chi connectivity index (χ1v) is 2.63. The Kier molecular flexibility index (Phi) is 1.58. The van der Waals surface area contributed by atoms with Crippen LogP contribution in [0.3, 0.4) is 0 Å². The van der Waals surface area contributed by atoms with Crippen molar-refractivity contribution in [2.24, 2.45) is 5.10 Å². The van der Waals surface area contributed by atoms with Crippen LogP contribution in [0.25, 0.3) is 0 Å². The monoisotopic (exact) mass is 126 g/mol. The zero-order chi connectivity index (χ0) is 6.69. The van der Waals surface area contributed by atoms with E-state index in [0.717, 1.165) is 0 Å². The maximum atomic E-state index is 10.4. The van der Waals surface area contributed by atoms with Crippen molar-refractivity contribution >= 4 is 17.9 Å². The van der Waals surface area contributed by atoms with Gasteiger partial charge in [0.05, 0.1) is 0 Å². The zero-order valence-corrected chi connectivity index (χ0v) is 4.76. The van der Waals surface area contributed by atoms with Crippen molar-refractivity contribution in [2.75, 3.05) is 0 Å². The lowest BCUT2D eigenvalue weighted by Gasteiger charge is -2.05. The molecule has 4 heteroatoms. The normalized spacial score (nSPS) is 18.2. The van der Waals surface area contributed by atoms with Crippen LogP contribution in [0.1, 0.15) is 12.8 Å². The van der Waals surface area contributed by atoms with Crippen molar-refractivity contribution in [3.8, 4) is 0 Å². The van der Waals surface area contributed by atoms with E-state index in [9.17, 15) is 9.59 Å². The van der Waals surface area contributed by atoms with E-state index in [4.69, 9.17) is 0 Å². The lowest BCUT2D eigenvalue weighted by molar-refractivity contribution is -0.121. The smallest absolute Gasteiger partial charge is 0.240 e. The standard InChI is InChI=1S/C5H6N2O2/c8-3-4-1-2-5(9)7-6-4/h3H,1-2H2,(H,7,9). The van der Waals surface area contributed by atoms with Gasteiger partial charge < -0.3 is 0 Å². The molecule has 0 aromatic heterocycles. The lowest BCUT2D eigenvalue weighted by Crippen LogP contribution is -2.25. The molecule has 1 aliphatic rings. The lowest BCUT2D eigenvalue weighted by atomic mass is 10.2. The number of hydrogen-bond acceptors (Lipinski definition) is 3. The molecule has 0 bridgehead atoms. The van der Waals surface area contributed by atoms with Gasteiger partial charge in [0.25, 0.3) is 0 Å². The Labute approximate surface area is 51.9 Å². The van der Waals surface area contributed by atoms with Gasteiger partial charge in [-0.3, -0.25) is 9.59 Å². The third-order valence-electron chi connectivity index (χ3n) is 1.07. The Balaban J connectivity index is 2.59. The number of carbonyl (C=O) groups is 2. The Hall–Kier alpha value is -1.19. The summed E-state index contributed by atoms with van der Waals surface area (Å²) in [4.78, 5) is 20.4. The van der Waals surface area contributed by atoms with E-state index in [1.807, 2.05) is 0 Å². The molecule has 0 radical (unpaired) electrons. The van der Waals surface area contributed by atoms with E-state index in [0.29, 0.717) is 24.8 Å². The fourth-order valence-corrected chi connectivity index (χ4v) is 0.573. The summed E-state index contributed by atoms with van der Waals surface area (Å²) in [5.41, 5.74) is 2.61. The number of hydrazone groups is 1. The maximum absolute atomic E-state index is 10.4. The van der Waals surface area contributed by atoms with Gasteiger partial charge in [-0.25, -0.2) is 5.43 Å². The van der Waals surface area contributed by atoms with Crippen molar-refractivity contribution in [1.82, 2.24) is 5.43 Å². The van der Waals surface area contributed by atoms with Gasteiger partial charge in [-0.15, -0.1) is 0 Å². The van der Waals surface area contributed by atoms with Crippen LogP contribution in [-0.4, -0.2) is 17.9 Å². The summed E-state index contributed by atoms with van der Waals surface area (Å²) in [5, 5.41) is 3.48. The maximum Gasteiger partial charge on any atom is 0.240 e. The molecule has 1 amide bonds. The molecule has 1 N–H and O–H groups in total. The number of hydrogen-bond donors (Lipinski definition) is 1. The van der Waals surface area contributed by atoms with Crippen molar-refractivity contribution in [3.63, 3.8) is 0 Å². The molecule has 48 valence electrons. The van der Waals surface area contributed by atoms with Gasteiger partial charge in [0.2, 0.25) is 5.91 Å². The van der Waals surface area contributed by atoms with E-state index in [1.54, 1.807) is 0 Å². The largest absolute Gasteiger partial charge is 0.296 e. The molecule has 0 aromatic carbocycles. The molecule has 0 atom stereocenters. The van der Waals surface area contributed by atoms with E-state index >= 15 is 0 Å². The second kappa shape index (κ2) is 2.39. The molecule has 0 saturated heterocycles. The SMILES string of the molecule is O=CC1=NNC(=O)CC1. The molecule has 9 heavy (non-hydrogen) atoms. The van der Waals surface area contributed by atoms with Gasteiger partial charge >= 0.3 is 0 Å². The Morgan fingerprint density at radius 1 is 1.56 bits per heavy atom. The summed E-state index contributed by atoms with van der Waals surface area (Å²) in [7, 11) is 0. The van der Waals surface area contributed by atoms with Crippen LogP contribution in [0.4, 0.5) is 0 Å². The molecule has 1 rings (SSSR count). The van der Waals surface area contributed by atoms with Gasteiger partial charge in [-0.05, 0) is 0 Å². The number of aldehydes is 1. The third kappa shape index (κ3) is 1.35. The number of amides is 1.